The van der Waals surface area contributed by atoms with E-state index < -0.39 is 17.8 Å². The lowest BCUT2D eigenvalue weighted by molar-refractivity contribution is -0.137. The molecule has 2 amide bonds. The third kappa shape index (κ3) is 6.18. The van der Waals surface area contributed by atoms with Crippen molar-refractivity contribution < 1.29 is 29.4 Å². The van der Waals surface area contributed by atoms with Crippen LogP contribution in [0.4, 0.5) is 0 Å². The molecule has 0 saturated heterocycles. The molecule has 43 heavy (non-hydrogen) atoms. The second-order valence-electron chi connectivity index (χ2n) is 10.5. The number of nitrogens with zero attached hydrogens (tertiary/aromatic N) is 1. The number of aliphatic carboxylic acids is 2. The lowest BCUT2D eigenvalue weighted by atomic mass is 10.00. The number of allylic oxidation sites excluding steroid dienone is 2. The van der Waals surface area contributed by atoms with Crippen molar-refractivity contribution in [3.8, 4) is 0 Å². The van der Waals surface area contributed by atoms with E-state index in [0.717, 1.165) is 39.2 Å². The molecular formula is C33H34N4O6. The largest absolute Gasteiger partial charge is 0.481 e. The summed E-state index contributed by atoms with van der Waals surface area (Å²) in [5.74, 6) is -2.52. The summed E-state index contributed by atoms with van der Waals surface area (Å²) in [6, 6.07) is 0. The van der Waals surface area contributed by atoms with Gasteiger partial charge >= 0.3 is 11.9 Å². The van der Waals surface area contributed by atoms with Gasteiger partial charge in [0.05, 0.1) is 11.4 Å². The molecule has 2 aromatic heterocycles. The van der Waals surface area contributed by atoms with Crippen molar-refractivity contribution in [1.29, 1.82) is 0 Å². The summed E-state index contributed by atoms with van der Waals surface area (Å²) in [5, 5.41) is 22.7. The molecule has 0 bridgehead atoms. The summed E-state index contributed by atoms with van der Waals surface area (Å²) in [4.78, 5) is 58.2. The van der Waals surface area contributed by atoms with Crippen molar-refractivity contribution in [1.82, 2.24) is 15.3 Å². The molecule has 0 atom stereocenters. The lowest BCUT2D eigenvalue weighted by Crippen LogP contribution is -2.16. The maximum Gasteiger partial charge on any atom is 0.303 e. The predicted molar refractivity (Wildman–Crippen MR) is 165 cm³/mol. The van der Waals surface area contributed by atoms with Gasteiger partial charge in [0, 0.05) is 57.2 Å². The summed E-state index contributed by atoms with van der Waals surface area (Å²) < 4.78 is 0. The molecule has 0 radical (unpaired) electrons. The Bertz CT molecular complexity index is 1860. The quantitative estimate of drug-likeness (QED) is 0.273. The van der Waals surface area contributed by atoms with Gasteiger partial charge in [-0.05, 0) is 81.0 Å². The second-order valence-corrected chi connectivity index (χ2v) is 10.5. The first kappa shape index (κ1) is 30.7. The second kappa shape index (κ2) is 12.3. The van der Waals surface area contributed by atoms with Gasteiger partial charge in [0.15, 0.2) is 0 Å². The molecule has 5 N–H and O–H groups in total. The fourth-order valence-electron chi connectivity index (χ4n) is 5.33. The zero-order valence-electron chi connectivity index (χ0n) is 24.6. The summed E-state index contributed by atoms with van der Waals surface area (Å²) in [6.07, 6.45) is 8.95. The predicted octanol–water partition coefficient (Wildman–Crippen LogP) is 3.36. The average Bonchev–Trinajstić information content (AvgIpc) is 3.59. The Hall–Kier alpha value is -5.25. The standard InChI is InChI=1S/C33H34N4O6/c1-7-20-16(3)24(14-27-21(8-2)18(5)32(42)36-27)34-26(20)13-25-17(4)22(9-11-30(38)39)28(35-25)15-29-23(10-12-31(40)41)19(6)33(43)37-29/h7-8,13-15,34-35H,1-2,9-12H2,3-6H3,(H,36,42)(H,38,39)(H,40,41)/b25-13+,27-14-,28-15-. The number of carbonyl (C=O) groups excluding carboxylic acids is 2. The van der Waals surface area contributed by atoms with E-state index in [1.165, 1.54) is 0 Å². The molecule has 0 saturated carbocycles. The number of amides is 2. The molecule has 0 aliphatic carbocycles. The van der Waals surface area contributed by atoms with Crippen LogP contribution in [0.5, 0.6) is 0 Å². The molecule has 10 heteroatoms. The van der Waals surface area contributed by atoms with Gasteiger partial charge in [-0.15, -0.1) is 0 Å². The van der Waals surface area contributed by atoms with E-state index in [1.54, 1.807) is 32.1 Å². The molecule has 2 aliphatic rings. The van der Waals surface area contributed by atoms with Crippen LogP contribution in [-0.2, 0) is 25.6 Å². The molecule has 222 valence electrons. The molecule has 0 fully saturated rings. The molecule has 2 aliphatic heterocycles. The Morgan fingerprint density at radius 3 is 2.12 bits per heavy atom. The van der Waals surface area contributed by atoms with Crippen LogP contribution >= 0.6 is 0 Å². The number of rotatable bonds is 11. The fourth-order valence-corrected chi connectivity index (χ4v) is 5.33. The van der Waals surface area contributed by atoms with Crippen LogP contribution in [0.2, 0.25) is 0 Å². The summed E-state index contributed by atoms with van der Waals surface area (Å²) in [6.45, 7) is 15.0. The number of nitrogens with one attached hydrogen (secondary N) is 3. The van der Waals surface area contributed by atoms with Gasteiger partial charge in [-0.2, -0.15) is 0 Å². The van der Waals surface area contributed by atoms with E-state index in [1.807, 2.05) is 26.0 Å². The Morgan fingerprint density at radius 1 is 0.814 bits per heavy atom. The van der Waals surface area contributed by atoms with Crippen LogP contribution in [0.3, 0.4) is 0 Å². The molecule has 4 heterocycles. The number of hydrogen-bond donors (Lipinski definition) is 5. The third-order valence-corrected chi connectivity index (χ3v) is 7.85. The van der Waals surface area contributed by atoms with Gasteiger partial charge in [0.25, 0.3) is 11.8 Å². The maximum atomic E-state index is 12.4. The highest BCUT2D eigenvalue weighted by Gasteiger charge is 2.24. The Kier molecular flexibility index (Phi) is 8.80. The average molecular weight is 583 g/mol. The Morgan fingerprint density at radius 2 is 1.49 bits per heavy atom. The first-order valence-corrected chi connectivity index (χ1v) is 13.8. The van der Waals surface area contributed by atoms with E-state index in [2.05, 4.69) is 33.4 Å². The number of H-pyrrole nitrogens is 2. The molecule has 0 spiro atoms. The van der Waals surface area contributed by atoms with Gasteiger partial charge in [-0.25, -0.2) is 4.99 Å². The molecule has 2 aromatic rings. The van der Waals surface area contributed by atoms with Gasteiger partial charge in [0.1, 0.15) is 0 Å². The van der Waals surface area contributed by atoms with Crippen LogP contribution in [0, 0.1) is 13.8 Å². The van der Waals surface area contributed by atoms with E-state index in [-0.39, 0.29) is 31.6 Å². The molecule has 0 aromatic carbocycles. The van der Waals surface area contributed by atoms with E-state index in [9.17, 15) is 29.4 Å². The van der Waals surface area contributed by atoms with Crippen LogP contribution in [-0.4, -0.2) is 49.6 Å². The van der Waals surface area contributed by atoms with Crippen molar-refractivity contribution in [3.05, 3.63) is 91.6 Å². The topological polar surface area (TPSA) is 165 Å². The van der Waals surface area contributed by atoms with Gasteiger partial charge in [-0.3, -0.25) is 19.2 Å². The Labute approximate surface area is 248 Å². The van der Waals surface area contributed by atoms with Gasteiger partial charge in [0.2, 0.25) is 0 Å². The van der Waals surface area contributed by atoms with Crippen LogP contribution < -0.4 is 16.0 Å². The van der Waals surface area contributed by atoms with Crippen molar-refractivity contribution in [3.63, 3.8) is 0 Å². The zero-order chi connectivity index (χ0) is 31.6. The Balaban J connectivity index is 1.86. The minimum atomic E-state index is -0.981. The molecule has 0 unspecified atom stereocenters. The highest BCUT2D eigenvalue weighted by atomic mass is 16.4. The van der Waals surface area contributed by atoms with Crippen molar-refractivity contribution in [2.45, 2.75) is 53.4 Å². The minimum Gasteiger partial charge on any atom is -0.481 e. The lowest BCUT2D eigenvalue weighted by Gasteiger charge is -2.03. The monoisotopic (exact) mass is 582 g/mol. The first-order valence-electron chi connectivity index (χ1n) is 13.8. The van der Waals surface area contributed by atoms with Crippen molar-refractivity contribution in [2.24, 2.45) is 4.99 Å². The number of aliphatic imine (C=N–C) groups is 1. The van der Waals surface area contributed by atoms with Gasteiger partial charge < -0.3 is 25.5 Å². The number of aromatic amines is 2. The number of aromatic nitrogens is 2. The van der Waals surface area contributed by atoms with E-state index in [4.69, 9.17) is 0 Å². The van der Waals surface area contributed by atoms with Crippen molar-refractivity contribution >= 4 is 53.8 Å². The highest BCUT2D eigenvalue weighted by Crippen LogP contribution is 2.27. The van der Waals surface area contributed by atoms with Gasteiger partial charge in [-0.1, -0.05) is 25.3 Å². The number of carboxylic acid groups (broad SMARTS) is 2. The maximum absolute atomic E-state index is 12.4. The van der Waals surface area contributed by atoms with Crippen molar-refractivity contribution in [2.75, 3.05) is 0 Å². The summed E-state index contributed by atoms with van der Waals surface area (Å²) in [7, 11) is 0. The number of carbonyl (C=O) groups is 4. The molecule has 10 nitrogen and oxygen atoms in total. The fraction of sp³-hybridized carbons (Fsp3) is 0.242. The normalized spacial score (nSPS) is 16.9. The summed E-state index contributed by atoms with van der Waals surface area (Å²) >= 11 is 0. The summed E-state index contributed by atoms with van der Waals surface area (Å²) in [5.41, 5.74) is 8.14. The molecule has 4 rings (SSSR count). The SMILES string of the molecule is C=CC1=C(C)C(=O)N/C1=C\c1[nH]c(/C=c2/[nH]/c(=C\C3=NC(=O)C(C)=C3CCC(=O)O)c(CCC(=O)O)c2C)c(C=C)c1C. The van der Waals surface area contributed by atoms with E-state index >= 15 is 0 Å². The first-order chi connectivity index (χ1) is 20.4. The number of carboxylic acids is 2. The smallest absolute Gasteiger partial charge is 0.303 e. The highest BCUT2D eigenvalue weighted by molar-refractivity contribution is 6.31. The van der Waals surface area contributed by atoms with E-state index in [0.29, 0.717) is 38.8 Å². The molecular weight excluding hydrogens is 548 g/mol. The van der Waals surface area contributed by atoms with Crippen LogP contribution in [0.15, 0.2) is 52.2 Å². The van der Waals surface area contributed by atoms with Crippen LogP contribution in [0.1, 0.15) is 66.8 Å². The number of hydrogen-bond acceptors (Lipinski definition) is 4. The third-order valence-electron chi connectivity index (χ3n) is 7.85. The minimum absolute atomic E-state index is 0.105. The van der Waals surface area contributed by atoms with Crippen LogP contribution in [0.25, 0.3) is 24.3 Å². The zero-order valence-corrected chi connectivity index (χ0v) is 24.6.